The maximum Gasteiger partial charge on any atom is 0.193 e. The molecule has 0 spiro atoms. The highest BCUT2D eigenvalue weighted by atomic mass is 35.5. The van der Waals surface area contributed by atoms with Crippen molar-refractivity contribution in [3.8, 4) is 0 Å². The van der Waals surface area contributed by atoms with Gasteiger partial charge < -0.3 is 14.8 Å². The number of halogens is 1. The summed E-state index contributed by atoms with van der Waals surface area (Å²) in [7, 11) is 0. The second-order valence-corrected chi connectivity index (χ2v) is 3.75. The molecule has 0 aliphatic carbocycles. The van der Waals surface area contributed by atoms with Crippen molar-refractivity contribution in [2.75, 3.05) is 5.32 Å². The zero-order chi connectivity index (χ0) is 11.4. The number of anilines is 1. The van der Waals surface area contributed by atoms with Crippen LogP contribution in [0.5, 0.6) is 0 Å². The molecule has 1 aromatic carbocycles. The first kappa shape index (κ1) is 11.0. The first-order valence-electron chi connectivity index (χ1n) is 4.96. The molecule has 0 aliphatic rings. The van der Waals surface area contributed by atoms with Gasteiger partial charge in [0.15, 0.2) is 5.22 Å². The van der Waals surface area contributed by atoms with Gasteiger partial charge in [-0.15, -0.1) is 0 Å². The zero-order valence-corrected chi connectivity index (χ0v) is 9.37. The molecule has 16 heavy (non-hydrogen) atoms. The molecule has 0 bridgehead atoms. The van der Waals surface area contributed by atoms with Crippen LogP contribution in [0.3, 0.4) is 0 Å². The fraction of sp³-hybridized carbons (Fsp3) is 0.167. The maximum atomic E-state index is 9.14. The molecular formula is C12H12ClNO2. The van der Waals surface area contributed by atoms with Crippen LogP contribution >= 0.6 is 11.6 Å². The lowest BCUT2D eigenvalue weighted by molar-refractivity contribution is 0.282. The summed E-state index contributed by atoms with van der Waals surface area (Å²) in [6, 6.07) is 11.1. The Kier molecular flexibility index (Phi) is 3.49. The van der Waals surface area contributed by atoms with Crippen LogP contribution in [0.25, 0.3) is 0 Å². The van der Waals surface area contributed by atoms with Crippen molar-refractivity contribution in [1.82, 2.24) is 0 Å². The number of para-hydroxylation sites is 1. The molecule has 0 unspecified atom stereocenters. The summed E-state index contributed by atoms with van der Waals surface area (Å²) in [6.45, 7) is 0.561. The van der Waals surface area contributed by atoms with Crippen LogP contribution in [-0.4, -0.2) is 5.11 Å². The second-order valence-electron chi connectivity index (χ2n) is 3.37. The summed E-state index contributed by atoms with van der Waals surface area (Å²) in [5.41, 5.74) is 1.76. The summed E-state index contributed by atoms with van der Waals surface area (Å²) in [6.07, 6.45) is 0. The minimum atomic E-state index is 0.0160. The summed E-state index contributed by atoms with van der Waals surface area (Å²) >= 11 is 5.67. The minimum Gasteiger partial charge on any atom is -0.448 e. The largest absolute Gasteiger partial charge is 0.448 e. The molecule has 0 amide bonds. The smallest absolute Gasteiger partial charge is 0.193 e. The molecule has 0 atom stereocenters. The van der Waals surface area contributed by atoms with Crippen molar-refractivity contribution in [3.63, 3.8) is 0 Å². The van der Waals surface area contributed by atoms with Crippen LogP contribution in [0.2, 0.25) is 5.22 Å². The average Bonchev–Trinajstić information content (AvgIpc) is 2.73. The minimum absolute atomic E-state index is 0.0160. The van der Waals surface area contributed by atoms with Crippen LogP contribution in [0.15, 0.2) is 40.8 Å². The third-order valence-corrected chi connectivity index (χ3v) is 2.47. The topological polar surface area (TPSA) is 45.4 Å². The Morgan fingerprint density at radius 3 is 2.69 bits per heavy atom. The van der Waals surface area contributed by atoms with Crippen molar-refractivity contribution in [2.24, 2.45) is 0 Å². The molecule has 2 N–H and O–H groups in total. The first-order valence-corrected chi connectivity index (χ1v) is 5.34. The van der Waals surface area contributed by atoms with Crippen LogP contribution < -0.4 is 5.32 Å². The Morgan fingerprint density at radius 2 is 2.00 bits per heavy atom. The molecule has 2 aromatic rings. The summed E-state index contributed by atoms with van der Waals surface area (Å²) in [5, 5.41) is 12.7. The quantitative estimate of drug-likeness (QED) is 0.859. The molecule has 0 saturated heterocycles. The number of aliphatic hydroxyl groups excluding tert-OH is 1. The highest BCUT2D eigenvalue weighted by Gasteiger charge is 2.02. The molecule has 2 rings (SSSR count). The molecule has 0 aliphatic heterocycles. The second kappa shape index (κ2) is 5.05. The van der Waals surface area contributed by atoms with E-state index in [0.717, 1.165) is 17.0 Å². The summed E-state index contributed by atoms with van der Waals surface area (Å²) < 4.78 is 5.22. The van der Waals surface area contributed by atoms with Gasteiger partial charge in [0.25, 0.3) is 0 Å². The van der Waals surface area contributed by atoms with Crippen LogP contribution in [0.1, 0.15) is 11.3 Å². The Labute approximate surface area is 98.7 Å². The molecule has 0 fully saturated rings. The van der Waals surface area contributed by atoms with Crippen molar-refractivity contribution >= 4 is 17.3 Å². The number of furan rings is 1. The Bertz CT molecular complexity index is 468. The van der Waals surface area contributed by atoms with Crippen molar-refractivity contribution in [3.05, 3.63) is 52.9 Å². The number of nitrogens with one attached hydrogen (secondary N) is 1. The van der Waals surface area contributed by atoms with Crippen LogP contribution in [0, 0.1) is 0 Å². The predicted octanol–water partition coefficient (Wildman–Crippen LogP) is 3.04. The number of benzene rings is 1. The lowest BCUT2D eigenvalue weighted by Crippen LogP contribution is -2.01. The summed E-state index contributed by atoms with van der Waals surface area (Å²) in [5.74, 6) is 0.762. The van der Waals surface area contributed by atoms with Gasteiger partial charge in [-0.05, 0) is 29.8 Å². The van der Waals surface area contributed by atoms with E-state index in [1.807, 2.05) is 30.3 Å². The van der Waals surface area contributed by atoms with Crippen LogP contribution in [-0.2, 0) is 13.2 Å². The fourth-order valence-electron chi connectivity index (χ4n) is 1.46. The zero-order valence-electron chi connectivity index (χ0n) is 8.61. The van der Waals surface area contributed by atoms with Gasteiger partial charge >= 0.3 is 0 Å². The SMILES string of the molecule is OCc1ccccc1NCc1ccc(Cl)o1. The molecule has 4 heteroatoms. The van der Waals surface area contributed by atoms with E-state index < -0.39 is 0 Å². The first-order chi connectivity index (χ1) is 7.79. The van der Waals surface area contributed by atoms with Gasteiger partial charge in [0.2, 0.25) is 0 Å². The lowest BCUT2D eigenvalue weighted by atomic mass is 10.2. The van der Waals surface area contributed by atoms with Crippen molar-refractivity contribution in [1.29, 1.82) is 0 Å². The van der Waals surface area contributed by atoms with Gasteiger partial charge in [-0.2, -0.15) is 0 Å². The van der Waals surface area contributed by atoms with E-state index in [2.05, 4.69) is 5.32 Å². The van der Waals surface area contributed by atoms with Gasteiger partial charge in [0.1, 0.15) is 5.76 Å². The Morgan fingerprint density at radius 1 is 1.19 bits per heavy atom. The fourth-order valence-corrected chi connectivity index (χ4v) is 1.62. The lowest BCUT2D eigenvalue weighted by Gasteiger charge is -2.08. The third-order valence-electron chi connectivity index (χ3n) is 2.27. The standard InChI is InChI=1S/C12H12ClNO2/c13-12-6-5-10(16-12)7-14-11-4-2-1-3-9(11)8-15/h1-6,14-15H,7-8H2. The van der Waals surface area contributed by atoms with E-state index >= 15 is 0 Å². The van der Waals surface area contributed by atoms with Crippen LogP contribution in [0.4, 0.5) is 5.69 Å². The molecule has 1 aromatic heterocycles. The van der Waals surface area contributed by atoms with Gasteiger partial charge in [-0.1, -0.05) is 18.2 Å². The number of hydrogen-bond donors (Lipinski definition) is 2. The number of rotatable bonds is 4. The highest BCUT2D eigenvalue weighted by Crippen LogP contribution is 2.18. The highest BCUT2D eigenvalue weighted by molar-refractivity contribution is 6.28. The predicted molar refractivity (Wildman–Crippen MR) is 63.4 cm³/mol. The molecule has 0 radical (unpaired) electrons. The van der Waals surface area contributed by atoms with E-state index in [1.165, 1.54) is 0 Å². The van der Waals surface area contributed by atoms with Crippen molar-refractivity contribution in [2.45, 2.75) is 13.2 Å². The number of hydrogen-bond acceptors (Lipinski definition) is 3. The molecule has 84 valence electrons. The molecular weight excluding hydrogens is 226 g/mol. The molecule has 3 nitrogen and oxygen atoms in total. The van der Waals surface area contributed by atoms with E-state index in [-0.39, 0.29) is 6.61 Å². The van der Waals surface area contributed by atoms with Gasteiger partial charge in [0.05, 0.1) is 13.2 Å². The maximum absolute atomic E-state index is 9.14. The summed E-state index contributed by atoms with van der Waals surface area (Å²) in [4.78, 5) is 0. The molecule has 0 saturated carbocycles. The van der Waals surface area contributed by atoms with E-state index in [0.29, 0.717) is 11.8 Å². The van der Waals surface area contributed by atoms with Gasteiger partial charge in [0, 0.05) is 11.3 Å². The van der Waals surface area contributed by atoms with E-state index in [1.54, 1.807) is 6.07 Å². The number of aliphatic hydroxyl groups is 1. The van der Waals surface area contributed by atoms with E-state index in [9.17, 15) is 0 Å². The Balaban J connectivity index is 2.04. The Hall–Kier alpha value is -1.45. The molecule has 1 heterocycles. The normalized spacial score (nSPS) is 10.4. The third kappa shape index (κ3) is 2.56. The monoisotopic (exact) mass is 237 g/mol. The van der Waals surface area contributed by atoms with Gasteiger partial charge in [-0.25, -0.2) is 0 Å². The van der Waals surface area contributed by atoms with Gasteiger partial charge in [-0.3, -0.25) is 0 Å². The van der Waals surface area contributed by atoms with E-state index in [4.69, 9.17) is 21.1 Å². The average molecular weight is 238 g/mol. The van der Waals surface area contributed by atoms with Crippen molar-refractivity contribution < 1.29 is 9.52 Å².